The summed E-state index contributed by atoms with van der Waals surface area (Å²) < 4.78 is 19.6. The van der Waals surface area contributed by atoms with Crippen molar-refractivity contribution in [2.75, 3.05) is 31.1 Å². The van der Waals surface area contributed by atoms with E-state index in [-0.39, 0.29) is 11.7 Å². The first-order chi connectivity index (χ1) is 15.2. The van der Waals surface area contributed by atoms with Crippen LogP contribution < -0.4 is 4.90 Å². The highest BCUT2D eigenvalue weighted by Gasteiger charge is 2.28. The lowest BCUT2D eigenvalue weighted by atomic mass is 10.1. The molecule has 7 heteroatoms. The van der Waals surface area contributed by atoms with Gasteiger partial charge in [0.1, 0.15) is 10.7 Å². The van der Waals surface area contributed by atoms with Gasteiger partial charge in [0.15, 0.2) is 10.8 Å². The first kappa shape index (κ1) is 19.5. The minimum atomic E-state index is -0.237. The fourth-order valence-electron chi connectivity index (χ4n) is 3.76. The van der Waals surface area contributed by atoms with Gasteiger partial charge >= 0.3 is 0 Å². The number of aromatic nitrogens is 1. The van der Waals surface area contributed by atoms with E-state index >= 15 is 0 Å². The van der Waals surface area contributed by atoms with Crippen LogP contribution in [0.2, 0.25) is 0 Å². The predicted molar refractivity (Wildman–Crippen MR) is 120 cm³/mol. The zero-order valence-corrected chi connectivity index (χ0v) is 17.5. The highest BCUT2D eigenvalue weighted by molar-refractivity contribution is 7.17. The minimum absolute atomic E-state index is 0.0534. The molecule has 1 aliphatic rings. The van der Waals surface area contributed by atoms with E-state index in [1.54, 1.807) is 18.4 Å². The van der Waals surface area contributed by atoms with E-state index in [1.807, 2.05) is 58.3 Å². The van der Waals surface area contributed by atoms with Crippen molar-refractivity contribution in [3.8, 4) is 22.0 Å². The van der Waals surface area contributed by atoms with Crippen molar-refractivity contribution in [3.05, 3.63) is 83.7 Å². The largest absolute Gasteiger partial charge is 0.462 e. The van der Waals surface area contributed by atoms with Gasteiger partial charge in [-0.3, -0.25) is 4.79 Å². The number of rotatable bonds is 4. The lowest BCUT2D eigenvalue weighted by Crippen LogP contribution is -2.49. The fourth-order valence-corrected chi connectivity index (χ4v) is 4.79. The van der Waals surface area contributed by atoms with Gasteiger partial charge in [0, 0.05) is 31.7 Å². The molecule has 2 aromatic carbocycles. The summed E-state index contributed by atoms with van der Waals surface area (Å²) in [4.78, 5) is 22.6. The third-order valence-electron chi connectivity index (χ3n) is 5.36. The second-order valence-corrected chi connectivity index (χ2v) is 8.27. The molecule has 0 radical (unpaired) electrons. The number of furan rings is 1. The standard InChI is InChI=1S/C24H20FN3O2S/c25-18-9-4-5-10-19(18)27-12-14-28(15-13-27)24(29)22-21(17-7-2-1-3-8-17)26-23(31-22)20-11-6-16-30-20/h1-11,16H,12-15H2. The second kappa shape index (κ2) is 8.35. The van der Waals surface area contributed by atoms with E-state index in [0.29, 0.717) is 53.2 Å². The van der Waals surface area contributed by atoms with Gasteiger partial charge < -0.3 is 14.2 Å². The van der Waals surface area contributed by atoms with Crippen LogP contribution in [0.25, 0.3) is 22.0 Å². The van der Waals surface area contributed by atoms with Crippen LogP contribution in [0.1, 0.15) is 9.67 Å². The number of anilines is 1. The van der Waals surface area contributed by atoms with Gasteiger partial charge in [0.25, 0.3) is 5.91 Å². The summed E-state index contributed by atoms with van der Waals surface area (Å²) in [5.74, 6) is 0.354. The molecule has 0 bridgehead atoms. The van der Waals surface area contributed by atoms with Crippen LogP contribution in [0, 0.1) is 5.82 Å². The van der Waals surface area contributed by atoms with E-state index in [0.717, 1.165) is 5.56 Å². The van der Waals surface area contributed by atoms with Crippen LogP contribution in [-0.4, -0.2) is 42.0 Å². The van der Waals surface area contributed by atoms with Crippen LogP contribution in [-0.2, 0) is 0 Å². The molecule has 0 unspecified atom stereocenters. The maximum Gasteiger partial charge on any atom is 0.266 e. The first-order valence-electron chi connectivity index (χ1n) is 10.1. The Hall–Kier alpha value is -3.45. The van der Waals surface area contributed by atoms with Crippen molar-refractivity contribution in [2.45, 2.75) is 0 Å². The van der Waals surface area contributed by atoms with E-state index < -0.39 is 0 Å². The monoisotopic (exact) mass is 433 g/mol. The summed E-state index contributed by atoms with van der Waals surface area (Å²) in [5.41, 5.74) is 2.14. The highest BCUT2D eigenvalue weighted by Crippen LogP contribution is 2.35. The molecular formula is C24H20FN3O2S. The number of carbonyl (C=O) groups is 1. The van der Waals surface area contributed by atoms with E-state index in [1.165, 1.54) is 17.4 Å². The topological polar surface area (TPSA) is 49.6 Å². The molecule has 1 saturated heterocycles. The van der Waals surface area contributed by atoms with Crippen molar-refractivity contribution < 1.29 is 13.6 Å². The predicted octanol–water partition coefficient (Wildman–Crippen LogP) is 5.17. The molecule has 1 fully saturated rings. The molecule has 5 rings (SSSR count). The number of hydrogen-bond donors (Lipinski definition) is 0. The Labute approximate surface area is 183 Å². The van der Waals surface area contributed by atoms with Gasteiger partial charge in [0.05, 0.1) is 17.6 Å². The molecule has 5 nitrogen and oxygen atoms in total. The second-order valence-electron chi connectivity index (χ2n) is 7.27. The average molecular weight is 434 g/mol. The van der Waals surface area contributed by atoms with Gasteiger partial charge in [-0.1, -0.05) is 42.5 Å². The Morgan fingerprint density at radius 3 is 2.39 bits per heavy atom. The van der Waals surface area contributed by atoms with Gasteiger partial charge in [-0.2, -0.15) is 0 Å². The third kappa shape index (κ3) is 3.84. The summed E-state index contributed by atoms with van der Waals surface area (Å²) in [5, 5.41) is 0.678. The highest BCUT2D eigenvalue weighted by atomic mass is 32.1. The molecule has 0 saturated carbocycles. The number of benzene rings is 2. The first-order valence-corrected chi connectivity index (χ1v) is 10.9. The Morgan fingerprint density at radius 2 is 1.68 bits per heavy atom. The summed E-state index contributed by atoms with van der Waals surface area (Å²) in [6, 6.07) is 20.1. The molecular weight excluding hydrogens is 413 g/mol. The van der Waals surface area contributed by atoms with Crippen molar-refractivity contribution in [2.24, 2.45) is 0 Å². The van der Waals surface area contributed by atoms with Crippen molar-refractivity contribution in [1.29, 1.82) is 0 Å². The summed E-state index contributed by atoms with van der Waals surface area (Å²) in [7, 11) is 0. The molecule has 0 atom stereocenters. The van der Waals surface area contributed by atoms with Crippen molar-refractivity contribution in [1.82, 2.24) is 9.88 Å². The fraction of sp³-hybridized carbons (Fsp3) is 0.167. The molecule has 0 aliphatic carbocycles. The molecule has 1 aliphatic heterocycles. The Kier molecular flexibility index (Phi) is 5.26. The number of piperazine rings is 1. The summed E-state index contributed by atoms with van der Waals surface area (Å²) >= 11 is 1.34. The zero-order valence-electron chi connectivity index (χ0n) is 16.7. The van der Waals surface area contributed by atoms with Crippen LogP contribution in [0.4, 0.5) is 10.1 Å². The Bertz CT molecular complexity index is 1180. The molecule has 0 N–H and O–H groups in total. The van der Waals surface area contributed by atoms with Crippen LogP contribution in [0.15, 0.2) is 77.4 Å². The maximum absolute atomic E-state index is 14.1. The van der Waals surface area contributed by atoms with Crippen molar-refractivity contribution >= 4 is 22.9 Å². The number of carbonyl (C=O) groups excluding carboxylic acids is 1. The average Bonchev–Trinajstić information content (AvgIpc) is 3.50. The Morgan fingerprint density at radius 1 is 0.935 bits per heavy atom. The quantitative estimate of drug-likeness (QED) is 0.445. The van der Waals surface area contributed by atoms with Gasteiger partial charge in [-0.15, -0.1) is 11.3 Å². The maximum atomic E-state index is 14.1. The lowest BCUT2D eigenvalue weighted by Gasteiger charge is -2.36. The number of nitrogens with zero attached hydrogens (tertiary/aromatic N) is 3. The van der Waals surface area contributed by atoms with Crippen LogP contribution in [0.3, 0.4) is 0 Å². The van der Waals surface area contributed by atoms with Gasteiger partial charge in [0.2, 0.25) is 0 Å². The lowest BCUT2D eigenvalue weighted by molar-refractivity contribution is 0.0752. The zero-order chi connectivity index (χ0) is 21.2. The van der Waals surface area contributed by atoms with E-state index in [9.17, 15) is 9.18 Å². The van der Waals surface area contributed by atoms with Crippen molar-refractivity contribution in [3.63, 3.8) is 0 Å². The molecule has 4 aromatic rings. The SMILES string of the molecule is O=C(c1sc(-c2ccco2)nc1-c1ccccc1)N1CCN(c2ccccc2F)CC1. The molecule has 156 valence electrons. The normalized spacial score (nSPS) is 14.1. The van der Waals surface area contributed by atoms with Crippen LogP contribution in [0.5, 0.6) is 0 Å². The molecule has 1 amide bonds. The molecule has 2 aromatic heterocycles. The Balaban J connectivity index is 1.41. The van der Waals surface area contributed by atoms with Crippen LogP contribution >= 0.6 is 11.3 Å². The number of hydrogen-bond acceptors (Lipinski definition) is 5. The summed E-state index contributed by atoms with van der Waals surface area (Å²) in [6.07, 6.45) is 1.60. The number of halogens is 1. The van der Waals surface area contributed by atoms with Gasteiger partial charge in [-0.25, -0.2) is 9.37 Å². The van der Waals surface area contributed by atoms with E-state index in [4.69, 9.17) is 9.40 Å². The minimum Gasteiger partial charge on any atom is -0.462 e. The number of amides is 1. The number of para-hydroxylation sites is 1. The summed E-state index contributed by atoms with van der Waals surface area (Å²) in [6.45, 7) is 2.21. The third-order valence-corrected chi connectivity index (χ3v) is 6.42. The smallest absolute Gasteiger partial charge is 0.266 e. The molecule has 0 spiro atoms. The number of thiazole rings is 1. The van der Waals surface area contributed by atoms with Gasteiger partial charge in [-0.05, 0) is 24.3 Å². The molecule has 31 heavy (non-hydrogen) atoms. The molecule has 3 heterocycles. The van der Waals surface area contributed by atoms with E-state index in [2.05, 4.69) is 0 Å².